The molecule has 2 N–H and O–H groups in total. The summed E-state index contributed by atoms with van der Waals surface area (Å²) in [4.78, 5) is 14.4. The van der Waals surface area contributed by atoms with Crippen molar-refractivity contribution in [2.75, 3.05) is 20.2 Å². The second-order valence-corrected chi connectivity index (χ2v) is 5.38. The molecule has 4 heteroatoms. The molecule has 104 valence electrons. The SMILES string of the molecule is COc1ccc(C)cc1C(=O)N1CCC(C)C(N)C1. The van der Waals surface area contributed by atoms with Crippen molar-refractivity contribution in [1.82, 2.24) is 4.90 Å². The Morgan fingerprint density at radius 1 is 1.47 bits per heavy atom. The van der Waals surface area contributed by atoms with E-state index in [0.29, 0.717) is 23.8 Å². The number of piperidine rings is 1. The number of benzene rings is 1. The van der Waals surface area contributed by atoms with E-state index in [0.717, 1.165) is 18.5 Å². The number of hydrogen-bond acceptors (Lipinski definition) is 3. The van der Waals surface area contributed by atoms with E-state index in [1.807, 2.05) is 30.0 Å². The number of rotatable bonds is 2. The van der Waals surface area contributed by atoms with Crippen LogP contribution in [0, 0.1) is 12.8 Å². The van der Waals surface area contributed by atoms with E-state index in [2.05, 4.69) is 6.92 Å². The number of carbonyl (C=O) groups is 1. The summed E-state index contributed by atoms with van der Waals surface area (Å²) >= 11 is 0. The molecule has 0 aromatic heterocycles. The molecule has 2 unspecified atom stereocenters. The highest BCUT2D eigenvalue weighted by atomic mass is 16.5. The van der Waals surface area contributed by atoms with Gasteiger partial charge in [-0.2, -0.15) is 0 Å². The minimum absolute atomic E-state index is 0.0166. The second-order valence-electron chi connectivity index (χ2n) is 5.38. The number of hydrogen-bond donors (Lipinski definition) is 1. The third kappa shape index (κ3) is 2.89. The fourth-order valence-corrected chi connectivity index (χ4v) is 2.44. The monoisotopic (exact) mass is 262 g/mol. The van der Waals surface area contributed by atoms with Gasteiger partial charge in [-0.15, -0.1) is 0 Å². The average molecular weight is 262 g/mol. The van der Waals surface area contributed by atoms with Crippen LogP contribution in [0.3, 0.4) is 0 Å². The minimum Gasteiger partial charge on any atom is -0.496 e. The van der Waals surface area contributed by atoms with Gasteiger partial charge in [0.2, 0.25) is 0 Å². The van der Waals surface area contributed by atoms with E-state index in [9.17, 15) is 4.79 Å². The fraction of sp³-hybridized carbons (Fsp3) is 0.533. The number of aryl methyl sites for hydroxylation is 1. The topological polar surface area (TPSA) is 55.6 Å². The van der Waals surface area contributed by atoms with Crippen molar-refractivity contribution < 1.29 is 9.53 Å². The summed E-state index contributed by atoms with van der Waals surface area (Å²) < 4.78 is 5.28. The molecule has 0 aliphatic carbocycles. The van der Waals surface area contributed by atoms with Gasteiger partial charge in [-0.25, -0.2) is 0 Å². The third-order valence-electron chi connectivity index (χ3n) is 3.89. The van der Waals surface area contributed by atoms with Gasteiger partial charge in [0.15, 0.2) is 0 Å². The molecule has 1 saturated heterocycles. The molecule has 1 aliphatic rings. The quantitative estimate of drug-likeness (QED) is 0.884. The van der Waals surface area contributed by atoms with Crippen LogP contribution in [0.15, 0.2) is 18.2 Å². The van der Waals surface area contributed by atoms with Crippen LogP contribution in [0.1, 0.15) is 29.3 Å². The summed E-state index contributed by atoms with van der Waals surface area (Å²) in [7, 11) is 1.59. The first kappa shape index (κ1) is 13.9. The zero-order valence-electron chi connectivity index (χ0n) is 11.8. The molecule has 0 bridgehead atoms. The Labute approximate surface area is 114 Å². The van der Waals surface area contributed by atoms with Crippen LogP contribution in [0.2, 0.25) is 0 Å². The van der Waals surface area contributed by atoms with Gasteiger partial charge < -0.3 is 15.4 Å². The van der Waals surface area contributed by atoms with Crippen LogP contribution in [0.5, 0.6) is 5.75 Å². The molecule has 0 saturated carbocycles. The Morgan fingerprint density at radius 2 is 2.21 bits per heavy atom. The summed E-state index contributed by atoms with van der Waals surface area (Å²) in [5.41, 5.74) is 7.74. The van der Waals surface area contributed by atoms with E-state index in [1.54, 1.807) is 7.11 Å². The van der Waals surface area contributed by atoms with E-state index in [4.69, 9.17) is 10.5 Å². The lowest BCUT2D eigenvalue weighted by molar-refractivity contribution is 0.0669. The number of likely N-dealkylation sites (tertiary alicyclic amines) is 1. The molecular weight excluding hydrogens is 240 g/mol. The molecule has 1 heterocycles. The van der Waals surface area contributed by atoms with Crippen molar-refractivity contribution >= 4 is 5.91 Å². The molecule has 1 fully saturated rings. The molecule has 4 nitrogen and oxygen atoms in total. The van der Waals surface area contributed by atoms with Gasteiger partial charge in [-0.1, -0.05) is 18.6 Å². The van der Waals surface area contributed by atoms with Crippen LogP contribution in [-0.4, -0.2) is 37.0 Å². The van der Waals surface area contributed by atoms with Gasteiger partial charge in [0.05, 0.1) is 12.7 Å². The molecule has 2 rings (SSSR count). The van der Waals surface area contributed by atoms with Crippen LogP contribution < -0.4 is 10.5 Å². The number of nitrogens with two attached hydrogens (primary N) is 1. The maximum absolute atomic E-state index is 12.6. The maximum atomic E-state index is 12.6. The Morgan fingerprint density at radius 3 is 2.84 bits per heavy atom. The van der Waals surface area contributed by atoms with Gasteiger partial charge >= 0.3 is 0 Å². The first-order valence-corrected chi connectivity index (χ1v) is 6.72. The van der Waals surface area contributed by atoms with E-state index < -0.39 is 0 Å². The van der Waals surface area contributed by atoms with Gasteiger partial charge in [0.1, 0.15) is 5.75 Å². The van der Waals surface area contributed by atoms with Crippen molar-refractivity contribution in [3.63, 3.8) is 0 Å². The van der Waals surface area contributed by atoms with Crippen LogP contribution in [0.4, 0.5) is 0 Å². The molecule has 2 atom stereocenters. The van der Waals surface area contributed by atoms with Crippen LogP contribution >= 0.6 is 0 Å². The van der Waals surface area contributed by atoms with E-state index in [-0.39, 0.29) is 11.9 Å². The first-order valence-electron chi connectivity index (χ1n) is 6.72. The third-order valence-corrected chi connectivity index (χ3v) is 3.89. The second kappa shape index (κ2) is 5.61. The zero-order chi connectivity index (χ0) is 14.0. The largest absolute Gasteiger partial charge is 0.496 e. The van der Waals surface area contributed by atoms with Crippen molar-refractivity contribution in [3.8, 4) is 5.75 Å². The lowest BCUT2D eigenvalue weighted by Crippen LogP contribution is -2.49. The lowest BCUT2D eigenvalue weighted by atomic mass is 9.93. The first-order chi connectivity index (χ1) is 9.02. The van der Waals surface area contributed by atoms with Gasteiger partial charge in [-0.05, 0) is 31.4 Å². The summed E-state index contributed by atoms with van der Waals surface area (Å²) in [5.74, 6) is 1.12. The highest BCUT2D eigenvalue weighted by Crippen LogP contribution is 2.24. The highest BCUT2D eigenvalue weighted by molar-refractivity contribution is 5.97. The van der Waals surface area contributed by atoms with Crippen LogP contribution in [-0.2, 0) is 0 Å². The summed E-state index contributed by atoms with van der Waals surface area (Å²) in [6.07, 6.45) is 0.959. The summed E-state index contributed by atoms with van der Waals surface area (Å²) in [5, 5.41) is 0. The normalized spacial score (nSPS) is 23.3. The Hall–Kier alpha value is -1.55. The zero-order valence-corrected chi connectivity index (χ0v) is 11.8. The molecule has 1 aromatic carbocycles. The number of amides is 1. The maximum Gasteiger partial charge on any atom is 0.257 e. The Kier molecular flexibility index (Phi) is 4.10. The summed E-state index contributed by atoms with van der Waals surface area (Å²) in [6.45, 7) is 5.50. The molecule has 1 aromatic rings. The lowest BCUT2D eigenvalue weighted by Gasteiger charge is -2.35. The fourth-order valence-electron chi connectivity index (χ4n) is 2.44. The Balaban J connectivity index is 2.22. The molecule has 19 heavy (non-hydrogen) atoms. The minimum atomic E-state index is 0.0166. The summed E-state index contributed by atoms with van der Waals surface area (Å²) in [6, 6.07) is 5.73. The predicted molar refractivity (Wildman–Crippen MR) is 75.4 cm³/mol. The van der Waals surface area contributed by atoms with Gasteiger partial charge in [0.25, 0.3) is 5.91 Å². The van der Waals surface area contributed by atoms with Crippen molar-refractivity contribution in [2.24, 2.45) is 11.7 Å². The smallest absolute Gasteiger partial charge is 0.257 e. The molecule has 1 amide bonds. The molecule has 1 aliphatic heterocycles. The number of carbonyl (C=O) groups excluding carboxylic acids is 1. The Bertz CT molecular complexity index is 473. The van der Waals surface area contributed by atoms with Crippen molar-refractivity contribution in [2.45, 2.75) is 26.3 Å². The van der Waals surface area contributed by atoms with Crippen molar-refractivity contribution in [1.29, 1.82) is 0 Å². The van der Waals surface area contributed by atoms with Crippen molar-refractivity contribution in [3.05, 3.63) is 29.3 Å². The molecular formula is C15H22N2O2. The van der Waals surface area contributed by atoms with E-state index in [1.165, 1.54) is 0 Å². The van der Waals surface area contributed by atoms with Crippen LogP contribution in [0.25, 0.3) is 0 Å². The standard InChI is InChI=1S/C15H22N2O2/c1-10-4-5-14(19-3)12(8-10)15(18)17-7-6-11(2)13(16)9-17/h4-5,8,11,13H,6-7,9,16H2,1-3H3. The van der Waals surface area contributed by atoms with E-state index >= 15 is 0 Å². The molecule has 0 spiro atoms. The number of nitrogens with zero attached hydrogens (tertiary/aromatic N) is 1. The highest BCUT2D eigenvalue weighted by Gasteiger charge is 2.28. The molecule has 0 radical (unpaired) electrons. The average Bonchev–Trinajstić information content (AvgIpc) is 2.41. The van der Waals surface area contributed by atoms with Gasteiger partial charge in [-0.3, -0.25) is 4.79 Å². The van der Waals surface area contributed by atoms with Gasteiger partial charge in [0, 0.05) is 19.1 Å². The predicted octanol–water partition coefficient (Wildman–Crippen LogP) is 1.81. The number of methoxy groups -OCH3 is 1. The number of ether oxygens (including phenoxy) is 1.